The summed E-state index contributed by atoms with van der Waals surface area (Å²) in [4.78, 5) is 2.19. The van der Waals surface area contributed by atoms with E-state index in [9.17, 15) is 0 Å². The molecule has 0 radical (unpaired) electrons. The lowest BCUT2D eigenvalue weighted by atomic mass is 10.1. The Hall–Kier alpha value is -0.580. The Kier molecular flexibility index (Phi) is 5.43. The molecule has 1 unspecified atom stereocenters. The lowest BCUT2D eigenvalue weighted by Crippen LogP contribution is -2.32. The number of hydrogen-bond acceptors (Lipinski definition) is 3. The van der Waals surface area contributed by atoms with Gasteiger partial charge in [-0.05, 0) is 47.5 Å². The van der Waals surface area contributed by atoms with E-state index in [-0.39, 0.29) is 6.04 Å². The van der Waals surface area contributed by atoms with Gasteiger partial charge >= 0.3 is 0 Å². The van der Waals surface area contributed by atoms with Crippen LogP contribution in [0.15, 0.2) is 22.7 Å². The Bertz CT molecular complexity index is 368. The molecule has 0 saturated heterocycles. The van der Waals surface area contributed by atoms with Gasteiger partial charge in [-0.3, -0.25) is 0 Å². The van der Waals surface area contributed by atoms with Crippen molar-refractivity contribution in [1.82, 2.24) is 0 Å². The van der Waals surface area contributed by atoms with Crippen molar-refractivity contribution in [3.8, 4) is 0 Å². The van der Waals surface area contributed by atoms with E-state index in [0.29, 0.717) is 12.6 Å². The molecule has 0 aliphatic heterocycles. The molecule has 17 heavy (non-hydrogen) atoms. The summed E-state index contributed by atoms with van der Waals surface area (Å²) in [7, 11) is 3.79. The Morgan fingerprint density at radius 1 is 1.41 bits per heavy atom. The second-order valence-electron chi connectivity index (χ2n) is 4.41. The molecule has 2 atom stereocenters. The summed E-state index contributed by atoms with van der Waals surface area (Å²) >= 11 is 3.60. The fourth-order valence-corrected chi connectivity index (χ4v) is 2.36. The summed E-state index contributed by atoms with van der Waals surface area (Å²) in [5, 5.41) is 0. The van der Waals surface area contributed by atoms with Crippen LogP contribution < -0.4 is 10.6 Å². The lowest BCUT2D eigenvalue weighted by Gasteiger charge is -2.27. The second-order valence-corrected chi connectivity index (χ2v) is 5.27. The van der Waals surface area contributed by atoms with Crippen LogP contribution >= 0.6 is 15.9 Å². The van der Waals surface area contributed by atoms with Gasteiger partial charge in [-0.15, -0.1) is 0 Å². The van der Waals surface area contributed by atoms with Crippen molar-refractivity contribution < 1.29 is 4.74 Å². The minimum atomic E-state index is 0.0575. The quantitative estimate of drug-likeness (QED) is 0.909. The van der Waals surface area contributed by atoms with Crippen LogP contribution in [0.1, 0.15) is 25.5 Å². The van der Waals surface area contributed by atoms with E-state index in [1.54, 1.807) is 7.11 Å². The number of likely N-dealkylation sites (N-methyl/N-ethyl adjacent to an activating group) is 1. The molecule has 1 rings (SSSR count). The molecule has 1 aromatic rings. The topological polar surface area (TPSA) is 38.5 Å². The van der Waals surface area contributed by atoms with Gasteiger partial charge in [0.15, 0.2) is 0 Å². The molecule has 2 N–H and O–H groups in total. The maximum Gasteiger partial charge on any atom is 0.0663 e. The van der Waals surface area contributed by atoms with E-state index >= 15 is 0 Å². The number of rotatable bonds is 5. The molecular formula is C13H21BrN2O. The van der Waals surface area contributed by atoms with Crippen LogP contribution in [0.5, 0.6) is 0 Å². The van der Waals surface area contributed by atoms with E-state index in [1.807, 2.05) is 6.92 Å². The van der Waals surface area contributed by atoms with Crippen LogP contribution in [0, 0.1) is 0 Å². The van der Waals surface area contributed by atoms with E-state index < -0.39 is 0 Å². The van der Waals surface area contributed by atoms with Crippen molar-refractivity contribution in [2.75, 3.05) is 25.7 Å². The molecule has 0 amide bonds. The maximum absolute atomic E-state index is 5.86. The highest BCUT2D eigenvalue weighted by molar-refractivity contribution is 9.10. The number of benzene rings is 1. The largest absolute Gasteiger partial charge is 0.383 e. The molecule has 1 aromatic carbocycles. The summed E-state index contributed by atoms with van der Waals surface area (Å²) < 4.78 is 6.24. The minimum Gasteiger partial charge on any atom is -0.383 e. The Morgan fingerprint density at radius 2 is 2.06 bits per heavy atom. The summed E-state index contributed by atoms with van der Waals surface area (Å²) in [5.41, 5.74) is 8.15. The number of anilines is 1. The van der Waals surface area contributed by atoms with Crippen LogP contribution in [0.4, 0.5) is 5.69 Å². The molecule has 0 bridgehead atoms. The molecule has 0 saturated carbocycles. The summed E-state index contributed by atoms with van der Waals surface area (Å²) in [6, 6.07) is 6.63. The molecule has 0 heterocycles. The first-order valence-electron chi connectivity index (χ1n) is 5.74. The smallest absolute Gasteiger partial charge is 0.0663 e. The molecule has 0 fully saturated rings. The SMILES string of the molecule is COCC(C)N(C)c1ccc([C@H](C)N)cc1Br. The first-order valence-corrected chi connectivity index (χ1v) is 6.53. The van der Waals surface area contributed by atoms with Crippen molar-refractivity contribution >= 4 is 21.6 Å². The number of nitrogens with zero attached hydrogens (tertiary/aromatic N) is 1. The standard InChI is InChI=1S/C13H21BrN2O/c1-9(8-17-4)16(3)13-6-5-11(10(2)15)7-12(13)14/h5-7,9-10H,8,15H2,1-4H3/t9?,10-/m0/s1. The number of ether oxygens (including phenoxy) is 1. The Morgan fingerprint density at radius 3 is 2.53 bits per heavy atom. The van der Waals surface area contributed by atoms with E-state index in [4.69, 9.17) is 10.5 Å². The van der Waals surface area contributed by atoms with E-state index in [0.717, 1.165) is 15.7 Å². The monoisotopic (exact) mass is 300 g/mol. The minimum absolute atomic E-state index is 0.0575. The third kappa shape index (κ3) is 3.69. The molecule has 4 heteroatoms. The van der Waals surface area contributed by atoms with Crippen molar-refractivity contribution in [1.29, 1.82) is 0 Å². The van der Waals surface area contributed by atoms with Gasteiger partial charge < -0.3 is 15.4 Å². The molecule has 96 valence electrons. The first-order chi connectivity index (χ1) is 7.97. The summed E-state index contributed by atoms with van der Waals surface area (Å²) in [6.45, 7) is 4.83. The Balaban J connectivity index is 2.91. The molecule has 0 spiro atoms. The van der Waals surface area contributed by atoms with Gasteiger partial charge in [-0.2, -0.15) is 0 Å². The number of halogens is 1. The van der Waals surface area contributed by atoms with Crippen molar-refractivity contribution in [2.45, 2.75) is 25.9 Å². The maximum atomic E-state index is 5.86. The highest BCUT2D eigenvalue weighted by atomic mass is 79.9. The van der Waals surface area contributed by atoms with E-state index in [1.165, 1.54) is 0 Å². The molecule has 0 aliphatic rings. The first kappa shape index (κ1) is 14.5. The highest BCUT2D eigenvalue weighted by Gasteiger charge is 2.13. The normalized spacial score (nSPS) is 14.5. The van der Waals surface area contributed by atoms with Crippen LogP contribution in [0.3, 0.4) is 0 Å². The summed E-state index contributed by atoms with van der Waals surface area (Å²) in [6.07, 6.45) is 0. The number of nitrogens with two attached hydrogens (primary N) is 1. The van der Waals surface area contributed by atoms with Gasteiger partial charge in [0.1, 0.15) is 0 Å². The Labute approximate surface area is 112 Å². The van der Waals surface area contributed by atoms with Gasteiger partial charge in [-0.25, -0.2) is 0 Å². The van der Waals surface area contributed by atoms with Crippen molar-refractivity contribution in [2.24, 2.45) is 5.73 Å². The van der Waals surface area contributed by atoms with Crippen LogP contribution in [0.2, 0.25) is 0 Å². The fourth-order valence-electron chi connectivity index (χ4n) is 1.68. The highest BCUT2D eigenvalue weighted by Crippen LogP contribution is 2.29. The predicted octanol–water partition coefficient (Wildman–Crippen LogP) is 2.94. The van der Waals surface area contributed by atoms with Gasteiger partial charge in [-0.1, -0.05) is 6.07 Å². The third-order valence-corrected chi connectivity index (χ3v) is 3.58. The van der Waals surface area contributed by atoms with Gasteiger partial charge in [0, 0.05) is 30.7 Å². The van der Waals surface area contributed by atoms with Gasteiger partial charge in [0.05, 0.1) is 12.3 Å². The average molecular weight is 301 g/mol. The molecule has 0 aromatic heterocycles. The van der Waals surface area contributed by atoms with Crippen LogP contribution in [-0.2, 0) is 4.74 Å². The molecule has 0 aliphatic carbocycles. The fraction of sp³-hybridized carbons (Fsp3) is 0.538. The van der Waals surface area contributed by atoms with Gasteiger partial charge in [0.2, 0.25) is 0 Å². The second kappa shape index (κ2) is 6.38. The van der Waals surface area contributed by atoms with Crippen LogP contribution in [-0.4, -0.2) is 26.8 Å². The number of hydrogen-bond donors (Lipinski definition) is 1. The van der Waals surface area contributed by atoms with Crippen LogP contribution in [0.25, 0.3) is 0 Å². The van der Waals surface area contributed by atoms with Gasteiger partial charge in [0.25, 0.3) is 0 Å². The predicted molar refractivity (Wildman–Crippen MR) is 76.5 cm³/mol. The molecule has 3 nitrogen and oxygen atoms in total. The number of methoxy groups -OCH3 is 1. The van der Waals surface area contributed by atoms with Crippen molar-refractivity contribution in [3.63, 3.8) is 0 Å². The third-order valence-electron chi connectivity index (χ3n) is 2.95. The zero-order chi connectivity index (χ0) is 13.0. The zero-order valence-corrected chi connectivity index (χ0v) is 12.5. The zero-order valence-electron chi connectivity index (χ0n) is 10.9. The van der Waals surface area contributed by atoms with E-state index in [2.05, 4.69) is 53.0 Å². The summed E-state index contributed by atoms with van der Waals surface area (Å²) in [5.74, 6) is 0. The average Bonchev–Trinajstić information content (AvgIpc) is 2.28. The van der Waals surface area contributed by atoms with Crippen molar-refractivity contribution in [3.05, 3.63) is 28.2 Å². The lowest BCUT2D eigenvalue weighted by molar-refractivity contribution is 0.183. The molecular weight excluding hydrogens is 280 g/mol.